The van der Waals surface area contributed by atoms with Crippen molar-refractivity contribution in [1.82, 2.24) is 0 Å². The van der Waals surface area contributed by atoms with Crippen LogP contribution < -0.4 is 10.0 Å². The standard InChI is InChI=1S/C20H16ClFN2O3S2/c1-28-16-4-2-3-15(11-16)23-20(25)18-12-17(9-10-19(18)21)29(26,27)24-14-7-5-13(22)6-8-14/h2-12,24H,1H3,(H,23,25). The molecule has 9 heteroatoms. The summed E-state index contributed by atoms with van der Waals surface area (Å²) in [5.41, 5.74) is 0.778. The monoisotopic (exact) mass is 450 g/mol. The van der Waals surface area contributed by atoms with Gasteiger partial charge in [-0.3, -0.25) is 9.52 Å². The number of halogens is 2. The van der Waals surface area contributed by atoms with Gasteiger partial charge in [0.25, 0.3) is 15.9 Å². The van der Waals surface area contributed by atoms with E-state index in [0.717, 1.165) is 17.0 Å². The largest absolute Gasteiger partial charge is 0.322 e. The number of hydrogen-bond donors (Lipinski definition) is 2. The Bertz CT molecular complexity index is 1150. The molecule has 0 aliphatic rings. The van der Waals surface area contributed by atoms with Crippen molar-refractivity contribution in [3.63, 3.8) is 0 Å². The van der Waals surface area contributed by atoms with E-state index >= 15 is 0 Å². The summed E-state index contributed by atoms with van der Waals surface area (Å²) < 4.78 is 40.6. The van der Waals surface area contributed by atoms with Gasteiger partial charge in [0.05, 0.1) is 15.5 Å². The third kappa shape index (κ3) is 5.29. The normalized spacial score (nSPS) is 11.1. The summed E-state index contributed by atoms with van der Waals surface area (Å²) in [6.45, 7) is 0. The van der Waals surface area contributed by atoms with E-state index in [1.165, 1.54) is 42.1 Å². The number of benzene rings is 3. The topological polar surface area (TPSA) is 75.3 Å². The first-order chi connectivity index (χ1) is 13.8. The molecule has 0 radical (unpaired) electrons. The van der Waals surface area contributed by atoms with Crippen molar-refractivity contribution in [3.05, 3.63) is 83.1 Å². The van der Waals surface area contributed by atoms with Crippen LogP contribution in [0.25, 0.3) is 0 Å². The number of rotatable bonds is 6. The van der Waals surface area contributed by atoms with Crippen LogP contribution in [0.1, 0.15) is 10.4 Å². The van der Waals surface area contributed by atoms with Crippen LogP contribution in [0, 0.1) is 5.82 Å². The zero-order chi connectivity index (χ0) is 21.0. The lowest BCUT2D eigenvalue weighted by Gasteiger charge is -2.11. The number of carbonyl (C=O) groups is 1. The summed E-state index contributed by atoms with van der Waals surface area (Å²) in [5.74, 6) is -1.02. The maximum Gasteiger partial charge on any atom is 0.261 e. The Morgan fingerprint density at radius 2 is 1.72 bits per heavy atom. The SMILES string of the molecule is CSc1cccc(NC(=O)c2cc(S(=O)(=O)Nc3ccc(F)cc3)ccc2Cl)c1. The van der Waals surface area contributed by atoms with E-state index in [1.54, 1.807) is 18.2 Å². The lowest BCUT2D eigenvalue weighted by Crippen LogP contribution is -2.16. The molecule has 0 heterocycles. The van der Waals surface area contributed by atoms with Gasteiger partial charge in [0.15, 0.2) is 0 Å². The summed E-state index contributed by atoms with van der Waals surface area (Å²) in [6, 6.07) is 15.9. The molecule has 3 rings (SSSR count). The fraction of sp³-hybridized carbons (Fsp3) is 0.0500. The van der Waals surface area contributed by atoms with Gasteiger partial charge < -0.3 is 5.32 Å². The van der Waals surface area contributed by atoms with E-state index in [-0.39, 0.29) is 21.2 Å². The summed E-state index contributed by atoms with van der Waals surface area (Å²) in [5, 5.41) is 2.83. The molecule has 150 valence electrons. The Kier molecular flexibility index (Phi) is 6.46. The first-order valence-corrected chi connectivity index (χ1v) is 11.4. The molecular weight excluding hydrogens is 435 g/mol. The quantitative estimate of drug-likeness (QED) is 0.502. The smallest absolute Gasteiger partial charge is 0.261 e. The van der Waals surface area contributed by atoms with Gasteiger partial charge in [-0.05, 0) is 66.9 Å². The van der Waals surface area contributed by atoms with Crippen LogP contribution in [0.2, 0.25) is 5.02 Å². The number of nitrogens with one attached hydrogen (secondary N) is 2. The molecular formula is C20H16ClFN2O3S2. The highest BCUT2D eigenvalue weighted by Gasteiger charge is 2.19. The molecule has 0 fully saturated rings. The second-order valence-electron chi connectivity index (χ2n) is 5.94. The molecule has 3 aromatic rings. The molecule has 3 aromatic carbocycles. The fourth-order valence-electron chi connectivity index (χ4n) is 2.48. The highest BCUT2D eigenvalue weighted by Crippen LogP contribution is 2.25. The Labute approximate surface area is 177 Å². The minimum atomic E-state index is -4.00. The number of sulfonamides is 1. The lowest BCUT2D eigenvalue weighted by atomic mass is 10.2. The molecule has 0 saturated heterocycles. The van der Waals surface area contributed by atoms with Crippen LogP contribution in [-0.2, 0) is 10.0 Å². The Morgan fingerprint density at radius 3 is 2.41 bits per heavy atom. The predicted octanol–water partition coefficient (Wildman–Crippen LogP) is 5.25. The van der Waals surface area contributed by atoms with Crippen molar-refractivity contribution in [2.24, 2.45) is 0 Å². The van der Waals surface area contributed by atoms with Gasteiger partial charge in [0.2, 0.25) is 0 Å². The first-order valence-electron chi connectivity index (χ1n) is 8.32. The molecule has 0 saturated carbocycles. The van der Waals surface area contributed by atoms with Gasteiger partial charge >= 0.3 is 0 Å². The predicted molar refractivity (Wildman–Crippen MR) is 115 cm³/mol. The van der Waals surface area contributed by atoms with Crippen molar-refractivity contribution >= 4 is 50.7 Å². The first kappa shape index (κ1) is 21.2. The highest BCUT2D eigenvalue weighted by molar-refractivity contribution is 7.98. The van der Waals surface area contributed by atoms with Crippen LogP contribution >= 0.6 is 23.4 Å². The van der Waals surface area contributed by atoms with Gasteiger partial charge in [-0.2, -0.15) is 0 Å². The lowest BCUT2D eigenvalue weighted by molar-refractivity contribution is 0.102. The van der Waals surface area contributed by atoms with Gasteiger partial charge in [0.1, 0.15) is 5.82 Å². The Balaban J connectivity index is 1.86. The third-order valence-electron chi connectivity index (χ3n) is 3.92. The zero-order valence-electron chi connectivity index (χ0n) is 15.1. The minimum absolute atomic E-state index is 0.0169. The number of carbonyl (C=O) groups excluding carboxylic acids is 1. The summed E-state index contributed by atoms with van der Waals surface area (Å²) in [4.78, 5) is 13.5. The molecule has 29 heavy (non-hydrogen) atoms. The van der Waals surface area contributed by atoms with Crippen LogP contribution in [0.3, 0.4) is 0 Å². The molecule has 0 bridgehead atoms. The van der Waals surface area contributed by atoms with Crippen molar-refractivity contribution in [2.45, 2.75) is 9.79 Å². The maximum absolute atomic E-state index is 13.0. The van der Waals surface area contributed by atoms with Gasteiger partial charge in [-0.1, -0.05) is 17.7 Å². The molecule has 0 unspecified atom stereocenters. The highest BCUT2D eigenvalue weighted by atomic mass is 35.5. The number of anilines is 2. The van der Waals surface area contributed by atoms with Gasteiger partial charge in [-0.15, -0.1) is 11.8 Å². The summed E-state index contributed by atoms with van der Waals surface area (Å²) >= 11 is 7.65. The molecule has 0 spiro atoms. The van der Waals surface area contributed by atoms with E-state index in [0.29, 0.717) is 5.69 Å². The fourth-order valence-corrected chi connectivity index (χ4v) is 4.22. The van der Waals surface area contributed by atoms with E-state index in [2.05, 4.69) is 10.0 Å². The molecule has 5 nitrogen and oxygen atoms in total. The molecule has 0 aromatic heterocycles. The second kappa shape index (κ2) is 8.86. The van der Waals surface area contributed by atoms with Crippen LogP contribution in [0.5, 0.6) is 0 Å². The van der Waals surface area contributed by atoms with E-state index in [9.17, 15) is 17.6 Å². The molecule has 0 aliphatic carbocycles. The Morgan fingerprint density at radius 1 is 1.00 bits per heavy atom. The van der Waals surface area contributed by atoms with E-state index < -0.39 is 21.7 Å². The average Bonchev–Trinajstić information content (AvgIpc) is 2.69. The molecule has 2 N–H and O–H groups in total. The van der Waals surface area contributed by atoms with Gasteiger partial charge in [-0.25, -0.2) is 12.8 Å². The average molecular weight is 451 g/mol. The molecule has 1 amide bonds. The third-order valence-corrected chi connectivity index (χ3v) is 6.35. The van der Waals surface area contributed by atoms with E-state index in [1.807, 2.05) is 12.3 Å². The number of amides is 1. The van der Waals surface area contributed by atoms with Crippen molar-refractivity contribution < 1.29 is 17.6 Å². The molecule has 0 aliphatic heterocycles. The van der Waals surface area contributed by atoms with Crippen LogP contribution in [-0.4, -0.2) is 20.6 Å². The van der Waals surface area contributed by atoms with Crippen molar-refractivity contribution in [3.8, 4) is 0 Å². The van der Waals surface area contributed by atoms with Crippen molar-refractivity contribution in [1.29, 1.82) is 0 Å². The van der Waals surface area contributed by atoms with Gasteiger partial charge in [0, 0.05) is 16.3 Å². The second-order valence-corrected chi connectivity index (χ2v) is 8.91. The maximum atomic E-state index is 13.0. The van der Waals surface area contributed by atoms with Crippen LogP contribution in [0.15, 0.2) is 76.5 Å². The van der Waals surface area contributed by atoms with Crippen LogP contribution in [0.4, 0.5) is 15.8 Å². The summed E-state index contributed by atoms with van der Waals surface area (Å²) in [6.07, 6.45) is 1.92. The zero-order valence-corrected chi connectivity index (χ0v) is 17.5. The van der Waals surface area contributed by atoms with Crippen molar-refractivity contribution in [2.75, 3.05) is 16.3 Å². The summed E-state index contributed by atoms with van der Waals surface area (Å²) in [7, 11) is -4.00. The minimum Gasteiger partial charge on any atom is -0.322 e. The Hall–Kier alpha value is -2.55. The molecule has 0 atom stereocenters. The number of hydrogen-bond acceptors (Lipinski definition) is 4. The number of thioether (sulfide) groups is 1. The van der Waals surface area contributed by atoms with E-state index in [4.69, 9.17) is 11.6 Å².